The third-order valence-corrected chi connectivity index (χ3v) is 4.28. The lowest BCUT2D eigenvalue weighted by molar-refractivity contribution is -0.116. The van der Waals surface area contributed by atoms with Crippen LogP contribution >= 0.6 is 43.6 Å². The van der Waals surface area contributed by atoms with Crippen molar-refractivity contribution in [3.63, 3.8) is 0 Å². The fourth-order valence-electron chi connectivity index (χ4n) is 1.15. The second kappa shape index (κ2) is 5.75. The lowest BCUT2D eigenvalue weighted by Gasteiger charge is -2.14. The smallest absolute Gasteiger partial charge is 0.298 e. The number of carbonyl (C=O) groups is 1. The van der Waals surface area contributed by atoms with Crippen LogP contribution in [0.5, 0.6) is 0 Å². The molecule has 1 nitrogen and oxygen atoms in total. The van der Waals surface area contributed by atoms with E-state index in [0.717, 1.165) is 0 Å². The van der Waals surface area contributed by atoms with Crippen LogP contribution in [0.25, 0.3) is 0 Å². The standard InChI is InChI=1S/C10H7Br2F3OS/c1-5(16)9(12)7-4-6(11)2-3-8(7)17-10(13,14)15/h2-4,9H,1H3. The molecule has 0 spiro atoms. The van der Waals surface area contributed by atoms with Gasteiger partial charge in [-0.3, -0.25) is 4.79 Å². The normalized spacial score (nSPS) is 13.5. The Hall–Kier alpha value is -0.0100. The zero-order valence-corrected chi connectivity index (χ0v) is 12.5. The number of benzene rings is 1. The Morgan fingerprint density at radius 2 is 2.00 bits per heavy atom. The first-order valence-corrected chi connectivity index (χ1v) is 6.93. The summed E-state index contributed by atoms with van der Waals surface area (Å²) >= 11 is 6.04. The Morgan fingerprint density at radius 3 is 2.47 bits per heavy atom. The summed E-state index contributed by atoms with van der Waals surface area (Å²) in [6, 6.07) is 4.36. The van der Waals surface area contributed by atoms with Crippen LogP contribution in [0.3, 0.4) is 0 Å². The van der Waals surface area contributed by atoms with Gasteiger partial charge in [0.1, 0.15) is 5.78 Å². The Bertz CT molecular complexity index is 434. The van der Waals surface area contributed by atoms with Gasteiger partial charge in [0.15, 0.2) is 0 Å². The third-order valence-electron chi connectivity index (χ3n) is 1.83. The fraction of sp³-hybridized carbons (Fsp3) is 0.300. The molecule has 0 aliphatic heterocycles. The van der Waals surface area contributed by atoms with Crippen LogP contribution in [-0.2, 0) is 4.79 Å². The molecule has 0 saturated carbocycles. The topological polar surface area (TPSA) is 17.1 Å². The maximum atomic E-state index is 12.3. The molecule has 0 fully saturated rings. The second-order valence-corrected chi connectivity index (χ2v) is 6.14. The highest BCUT2D eigenvalue weighted by atomic mass is 79.9. The van der Waals surface area contributed by atoms with Crippen LogP contribution in [0.4, 0.5) is 13.2 Å². The molecule has 17 heavy (non-hydrogen) atoms. The van der Waals surface area contributed by atoms with E-state index in [9.17, 15) is 18.0 Å². The van der Waals surface area contributed by atoms with E-state index in [1.165, 1.54) is 25.1 Å². The molecular weight excluding hydrogens is 385 g/mol. The summed E-state index contributed by atoms with van der Waals surface area (Å²) in [5, 5.41) is 0. The zero-order chi connectivity index (χ0) is 13.2. The van der Waals surface area contributed by atoms with Gasteiger partial charge >= 0.3 is 5.51 Å². The molecule has 0 amide bonds. The molecule has 1 aromatic rings. The SMILES string of the molecule is CC(=O)C(Br)c1cc(Br)ccc1SC(F)(F)F. The van der Waals surface area contributed by atoms with E-state index in [-0.39, 0.29) is 22.4 Å². The predicted molar refractivity (Wildman–Crippen MR) is 68.4 cm³/mol. The van der Waals surface area contributed by atoms with Crippen LogP contribution < -0.4 is 0 Å². The first-order valence-electron chi connectivity index (χ1n) is 4.40. The maximum absolute atomic E-state index is 12.3. The van der Waals surface area contributed by atoms with Gasteiger partial charge in [-0.25, -0.2) is 0 Å². The second-order valence-electron chi connectivity index (χ2n) is 3.20. The average molecular weight is 392 g/mol. The van der Waals surface area contributed by atoms with E-state index in [1.54, 1.807) is 0 Å². The summed E-state index contributed by atoms with van der Waals surface area (Å²) < 4.78 is 37.6. The van der Waals surface area contributed by atoms with Crippen molar-refractivity contribution in [1.29, 1.82) is 0 Å². The van der Waals surface area contributed by atoms with E-state index in [4.69, 9.17) is 0 Å². The lowest BCUT2D eigenvalue weighted by Crippen LogP contribution is -2.06. The number of thioether (sulfide) groups is 1. The van der Waals surface area contributed by atoms with Crippen molar-refractivity contribution in [2.75, 3.05) is 0 Å². The number of hydrogen-bond acceptors (Lipinski definition) is 2. The molecule has 7 heteroatoms. The lowest BCUT2D eigenvalue weighted by atomic mass is 10.1. The molecule has 94 valence electrons. The largest absolute Gasteiger partial charge is 0.446 e. The molecule has 0 aromatic heterocycles. The summed E-state index contributed by atoms with van der Waals surface area (Å²) in [5.41, 5.74) is -4.05. The van der Waals surface area contributed by atoms with E-state index < -0.39 is 10.3 Å². The minimum absolute atomic E-state index is 0.0257. The number of hydrogen-bond donors (Lipinski definition) is 0. The van der Waals surface area contributed by atoms with E-state index >= 15 is 0 Å². The molecule has 1 atom stereocenters. The van der Waals surface area contributed by atoms with Crippen LogP contribution in [0.15, 0.2) is 27.6 Å². The van der Waals surface area contributed by atoms with Gasteiger partial charge in [0, 0.05) is 9.37 Å². The Balaban J connectivity index is 3.17. The van der Waals surface area contributed by atoms with Crippen molar-refractivity contribution in [1.82, 2.24) is 0 Å². The van der Waals surface area contributed by atoms with Crippen molar-refractivity contribution in [3.8, 4) is 0 Å². The number of Topliss-reactive ketones (excluding diaryl/α,β-unsaturated/α-hetero) is 1. The number of carbonyl (C=O) groups excluding carboxylic acids is 1. The van der Waals surface area contributed by atoms with Crippen molar-refractivity contribution >= 4 is 49.4 Å². The minimum Gasteiger partial charge on any atom is -0.298 e. The molecule has 0 radical (unpaired) electrons. The summed E-state index contributed by atoms with van der Waals surface area (Å²) in [4.78, 5) is 10.5. The molecule has 0 bridgehead atoms. The van der Waals surface area contributed by atoms with Crippen molar-refractivity contribution in [2.45, 2.75) is 22.2 Å². The molecular formula is C10H7Br2F3OS. The van der Waals surface area contributed by atoms with Gasteiger partial charge in [-0.2, -0.15) is 13.2 Å². The third kappa shape index (κ3) is 4.63. The number of alkyl halides is 4. The van der Waals surface area contributed by atoms with Gasteiger partial charge in [-0.1, -0.05) is 31.9 Å². The molecule has 0 heterocycles. The maximum Gasteiger partial charge on any atom is 0.446 e. The highest BCUT2D eigenvalue weighted by molar-refractivity contribution is 9.10. The number of rotatable bonds is 3. The zero-order valence-electron chi connectivity index (χ0n) is 8.52. The number of halogens is 5. The quantitative estimate of drug-likeness (QED) is 0.527. The van der Waals surface area contributed by atoms with Crippen molar-refractivity contribution in [3.05, 3.63) is 28.2 Å². The van der Waals surface area contributed by atoms with Gasteiger partial charge in [0.25, 0.3) is 0 Å². The summed E-state index contributed by atoms with van der Waals surface area (Å²) in [6.45, 7) is 1.32. The van der Waals surface area contributed by atoms with E-state index in [2.05, 4.69) is 31.9 Å². The molecule has 1 aromatic carbocycles. The molecule has 0 aliphatic carbocycles. The Kier molecular flexibility index (Phi) is 5.09. The van der Waals surface area contributed by atoms with Gasteiger partial charge in [-0.05, 0) is 42.4 Å². The van der Waals surface area contributed by atoms with Gasteiger partial charge < -0.3 is 0 Å². The first kappa shape index (κ1) is 15.0. The Labute approximate surface area is 117 Å². The van der Waals surface area contributed by atoms with Crippen LogP contribution in [-0.4, -0.2) is 11.3 Å². The number of ketones is 1. The Morgan fingerprint density at radius 1 is 1.41 bits per heavy atom. The predicted octanol–water partition coefficient (Wildman–Crippen LogP) is 5.09. The highest BCUT2D eigenvalue weighted by Crippen LogP contribution is 2.42. The van der Waals surface area contributed by atoms with E-state index in [0.29, 0.717) is 10.0 Å². The molecule has 1 unspecified atom stereocenters. The average Bonchev–Trinajstić information content (AvgIpc) is 2.17. The minimum atomic E-state index is -4.37. The van der Waals surface area contributed by atoms with Crippen molar-refractivity contribution in [2.24, 2.45) is 0 Å². The fourth-order valence-corrected chi connectivity index (χ4v) is 2.74. The monoisotopic (exact) mass is 390 g/mol. The summed E-state index contributed by atoms with van der Waals surface area (Å²) in [7, 11) is 0. The highest BCUT2D eigenvalue weighted by Gasteiger charge is 2.31. The van der Waals surface area contributed by atoms with Crippen LogP contribution in [0, 0.1) is 0 Å². The van der Waals surface area contributed by atoms with Gasteiger partial charge in [0.05, 0.1) is 4.83 Å². The molecule has 0 saturated heterocycles. The molecule has 0 N–H and O–H groups in total. The molecule has 0 aliphatic rings. The van der Waals surface area contributed by atoms with Gasteiger partial charge in [0.2, 0.25) is 0 Å². The van der Waals surface area contributed by atoms with Gasteiger partial charge in [-0.15, -0.1) is 0 Å². The molecule has 1 rings (SSSR count). The van der Waals surface area contributed by atoms with Crippen molar-refractivity contribution < 1.29 is 18.0 Å². The van der Waals surface area contributed by atoms with Crippen LogP contribution in [0.1, 0.15) is 17.3 Å². The van der Waals surface area contributed by atoms with Crippen LogP contribution in [0.2, 0.25) is 0 Å². The first-order chi connectivity index (χ1) is 7.70. The van der Waals surface area contributed by atoms with E-state index in [1.807, 2.05) is 0 Å². The summed E-state index contributed by atoms with van der Waals surface area (Å²) in [5.74, 6) is -0.243. The summed E-state index contributed by atoms with van der Waals surface area (Å²) in [6.07, 6.45) is 0.